The summed E-state index contributed by atoms with van der Waals surface area (Å²) < 4.78 is 7.07. The number of aryl methyl sites for hydroxylation is 2. The van der Waals surface area contributed by atoms with Gasteiger partial charge < -0.3 is 19.1 Å². The Hall–Kier alpha value is -6.98. The second-order valence-corrected chi connectivity index (χ2v) is 28.6. The minimum absolute atomic E-state index is 0.00231. The number of benzene rings is 8. The van der Waals surface area contributed by atoms with Crippen LogP contribution in [0.5, 0.6) is 0 Å². The monoisotopic (exact) mass is 1020 g/mol. The van der Waals surface area contributed by atoms with Gasteiger partial charge in [0.1, 0.15) is 5.58 Å². The average Bonchev–Trinajstić information content (AvgIpc) is 3.96. The van der Waals surface area contributed by atoms with Crippen LogP contribution in [0.3, 0.4) is 0 Å². The molecule has 0 atom stereocenters. The molecule has 0 saturated carbocycles. The second-order valence-electron chi connectivity index (χ2n) is 28.6. The SMILES string of the molecule is Cc1cc2c3c(c1)N(c1cccc4c1oc1ccccc14)c1cc(N(c4ccc(C(C)(C)C)cc4)c4ccc(C(C)(C)C)cc4)ccc1B3c1cc3c(cc1N2c1cc2c(cc1C)C(C)(C)CCC2(C)C)C(C)(C)CC3(C)C. The van der Waals surface area contributed by atoms with Crippen molar-refractivity contribution in [2.24, 2.45) is 0 Å². The van der Waals surface area contributed by atoms with Gasteiger partial charge >= 0.3 is 0 Å². The molecule has 4 nitrogen and oxygen atoms in total. The van der Waals surface area contributed by atoms with E-state index in [9.17, 15) is 0 Å². The molecule has 13 rings (SSSR count). The quantitative estimate of drug-likeness (QED) is 0.160. The lowest BCUT2D eigenvalue weighted by molar-refractivity contribution is 0.332. The van der Waals surface area contributed by atoms with Crippen LogP contribution in [0.25, 0.3) is 21.9 Å². The molecule has 0 spiro atoms. The first-order chi connectivity index (χ1) is 36.7. The summed E-state index contributed by atoms with van der Waals surface area (Å²) in [7, 11) is 0. The molecular weight excluding hydrogens is 946 g/mol. The zero-order valence-electron chi connectivity index (χ0n) is 49.3. The van der Waals surface area contributed by atoms with Crippen LogP contribution in [0.15, 0.2) is 150 Å². The van der Waals surface area contributed by atoms with Gasteiger partial charge in [-0.05, 0) is 199 Å². The maximum Gasteiger partial charge on any atom is 0.252 e. The number of nitrogens with zero attached hydrogens (tertiary/aromatic N) is 3. The summed E-state index contributed by atoms with van der Waals surface area (Å²) in [5.41, 5.74) is 27.6. The third-order valence-corrected chi connectivity index (χ3v) is 19.0. The Kier molecular flexibility index (Phi) is 10.9. The van der Waals surface area contributed by atoms with Crippen molar-refractivity contribution in [1.82, 2.24) is 0 Å². The molecule has 0 saturated heterocycles. The first-order valence-corrected chi connectivity index (χ1v) is 28.9. The topological polar surface area (TPSA) is 22.9 Å². The number of anilines is 9. The summed E-state index contributed by atoms with van der Waals surface area (Å²) in [5, 5.41) is 2.24. The molecule has 2 aliphatic heterocycles. The van der Waals surface area contributed by atoms with Crippen LogP contribution in [-0.4, -0.2) is 6.71 Å². The second kappa shape index (κ2) is 16.8. The van der Waals surface area contributed by atoms with Gasteiger partial charge in [-0.15, -0.1) is 0 Å². The van der Waals surface area contributed by atoms with Gasteiger partial charge in [0.2, 0.25) is 0 Å². The lowest BCUT2D eigenvalue weighted by Crippen LogP contribution is -2.61. The van der Waals surface area contributed by atoms with Crippen molar-refractivity contribution in [3.8, 4) is 0 Å². The summed E-state index contributed by atoms with van der Waals surface area (Å²) in [5.74, 6) is 0. The van der Waals surface area contributed by atoms with Crippen LogP contribution in [0.2, 0.25) is 0 Å². The van der Waals surface area contributed by atoms with E-state index in [1.54, 1.807) is 0 Å². The van der Waals surface area contributed by atoms with Gasteiger partial charge in [0.05, 0.1) is 5.69 Å². The first kappa shape index (κ1) is 50.5. The van der Waals surface area contributed by atoms with E-state index in [0.29, 0.717) is 0 Å². The van der Waals surface area contributed by atoms with Crippen molar-refractivity contribution >= 4 is 96.2 Å². The number of hydrogen-bond donors (Lipinski definition) is 0. The molecule has 0 radical (unpaired) electrons. The Bertz CT molecular complexity index is 3890. The molecule has 0 fully saturated rings. The van der Waals surface area contributed by atoms with Crippen molar-refractivity contribution in [3.05, 3.63) is 190 Å². The predicted molar refractivity (Wildman–Crippen MR) is 335 cm³/mol. The summed E-state index contributed by atoms with van der Waals surface area (Å²) in [6.07, 6.45) is 3.44. The summed E-state index contributed by atoms with van der Waals surface area (Å²) in [6.45, 7) is 38.1. The third-order valence-electron chi connectivity index (χ3n) is 19.0. The minimum atomic E-state index is -0.0549. The van der Waals surface area contributed by atoms with Gasteiger partial charge in [-0.1, -0.05) is 170 Å². The molecule has 8 aromatic carbocycles. The normalized spacial score (nSPS) is 17.4. The molecule has 9 aromatic rings. The van der Waals surface area contributed by atoms with Crippen molar-refractivity contribution < 1.29 is 4.42 Å². The van der Waals surface area contributed by atoms with Crippen LogP contribution in [0.4, 0.5) is 51.2 Å². The lowest BCUT2D eigenvalue weighted by atomic mass is 9.33. The molecular formula is C73H78BN3O. The molecule has 0 bridgehead atoms. The molecule has 1 aromatic heterocycles. The Labute approximate surface area is 465 Å². The lowest BCUT2D eigenvalue weighted by Gasteiger charge is -2.46. The van der Waals surface area contributed by atoms with Crippen LogP contribution < -0.4 is 31.1 Å². The van der Waals surface area contributed by atoms with Crippen LogP contribution in [0.1, 0.15) is 161 Å². The zero-order chi connectivity index (χ0) is 55.0. The summed E-state index contributed by atoms with van der Waals surface area (Å²) in [6, 6.07) is 56.6. The molecule has 0 amide bonds. The first-order valence-electron chi connectivity index (χ1n) is 28.9. The fourth-order valence-corrected chi connectivity index (χ4v) is 14.8. The van der Waals surface area contributed by atoms with Gasteiger partial charge in [0, 0.05) is 56.3 Å². The molecule has 78 heavy (non-hydrogen) atoms. The van der Waals surface area contributed by atoms with Gasteiger partial charge in [-0.2, -0.15) is 0 Å². The molecule has 0 unspecified atom stereocenters. The van der Waals surface area contributed by atoms with Gasteiger partial charge in [0.25, 0.3) is 6.71 Å². The predicted octanol–water partition coefficient (Wildman–Crippen LogP) is 18.7. The van der Waals surface area contributed by atoms with E-state index in [0.717, 1.165) is 63.2 Å². The number of furan rings is 1. The molecule has 0 N–H and O–H groups in total. The molecule has 4 aliphatic rings. The standard InChI is InChI=1S/C73H78BN3O/c1-44-36-63-66-64(37-44)77(60-41-55-53(38-45(60)2)70(9,10)34-35-71(55,11)12)62-42-56-54(72(13,14)43-73(56,15)16)40-58(62)74(66)57-33-32-50(39-61(57)76(63)59-22-19-21-52-51-20-17-18-23-65(51)78-67(52)59)75(48-28-24-46(25-29-48)68(3,4)5)49-30-26-47(27-31-49)69(6,7)8/h17-33,36-42H,34-35,43H2,1-16H3. The van der Waals surface area contributed by atoms with Gasteiger partial charge in [-0.3, -0.25) is 0 Å². The number of fused-ring (bicyclic) bond motifs is 9. The van der Waals surface area contributed by atoms with Gasteiger partial charge in [0.15, 0.2) is 5.58 Å². The van der Waals surface area contributed by atoms with Crippen LogP contribution in [-0.2, 0) is 32.5 Å². The minimum Gasteiger partial charge on any atom is -0.454 e. The maximum absolute atomic E-state index is 7.07. The summed E-state index contributed by atoms with van der Waals surface area (Å²) >= 11 is 0. The van der Waals surface area contributed by atoms with E-state index in [4.69, 9.17) is 4.42 Å². The molecule has 3 heterocycles. The Morgan fingerprint density at radius 3 is 1.55 bits per heavy atom. The Balaban J connectivity index is 1.13. The van der Waals surface area contributed by atoms with E-state index in [2.05, 4.69) is 271 Å². The van der Waals surface area contributed by atoms with Crippen molar-refractivity contribution in [2.45, 2.75) is 163 Å². The van der Waals surface area contributed by atoms with Crippen molar-refractivity contribution in [3.63, 3.8) is 0 Å². The van der Waals surface area contributed by atoms with E-state index < -0.39 is 0 Å². The Morgan fingerprint density at radius 2 is 0.949 bits per heavy atom. The smallest absolute Gasteiger partial charge is 0.252 e. The number of para-hydroxylation sites is 2. The van der Waals surface area contributed by atoms with Gasteiger partial charge in [-0.25, -0.2) is 0 Å². The highest BCUT2D eigenvalue weighted by atomic mass is 16.3. The summed E-state index contributed by atoms with van der Waals surface area (Å²) in [4.78, 5) is 7.74. The number of hydrogen-bond acceptors (Lipinski definition) is 4. The fourth-order valence-electron chi connectivity index (χ4n) is 14.8. The zero-order valence-corrected chi connectivity index (χ0v) is 49.3. The van der Waals surface area contributed by atoms with Crippen molar-refractivity contribution in [2.75, 3.05) is 14.7 Å². The van der Waals surface area contributed by atoms with E-state index in [1.807, 2.05) is 0 Å². The van der Waals surface area contributed by atoms with Crippen molar-refractivity contribution in [1.29, 1.82) is 0 Å². The third kappa shape index (κ3) is 7.67. The average molecular weight is 1020 g/mol. The highest BCUT2D eigenvalue weighted by Crippen LogP contribution is 2.55. The van der Waals surface area contributed by atoms with E-state index in [1.165, 1.54) is 90.1 Å². The van der Waals surface area contributed by atoms with E-state index >= 15 is 0 Å². The van der Waals surface area contributed by atoms with Crippen LogP contribution in [0, 0.1) is 13.8 Å². The largest absolute Gasteiger partial charge is 0.454 e. The highest BCUT2D eigenvalue weighted by molar-refractivity contribution is 7.00. The number of rotatable bonds is 5. The van der Waals surface area contributed by atoms with Crippen LogP contribution >= 0.6 is 0 Å². The fraction of sp³-hybridized carbons (Fsp3) is 0.342. The molecule has 394 valence electrons. The van der Waals surface area contributed by atoms with E-state index in [-0.39, 0.29) is 39.2 Å². The molecule has 5 heteroatoms. The highest BCUT2D eigenvalue weighted by Gasteiger charge is 2.49. The Morgan fingerprint density at radius 1 is 0.449 bits per heavy atom. The molecule has 2 aliphatic carbocycles. The maximum atomic E-state index is 7.07.